The summed E-state index contributed by atoms with van der Waals surface area (Å²) in [5.41, 5.74) is 0.341. The summed E-state index contributed by atoms with van der Waals surface area (Å²) in [6.07, 6.45) is 11.2. The molecule has 10 atom stereocenters. The van der Waals surface area contributed by atoms with Gasteiger partial charge < -0.3 is 24.4 Å². The van der Waals surface area contributed by atoms with Crippen LogP contribution in [-0.2, 0) is 23.9 Å². The molecule has 56 heavy (non-hydrogen) atoms. The number of nitrogens with zero attached hydrogens (tertiary/aromatic N) is 2. The molecule has 5 aliphatic carbocycles. The van der Waals surface area contributed by atoms with Crippen LogP contribution in [0.4, 0.5) is 4.79 Å². The van der Waals surface area contributed by atoms with Gasteiger partial charge in [-0.15, -0.1) is 0 Å². The normalized spacial score (nSPS) is 39.3. The van der Waals surface area contributed by atoms with Gasteiger partial charge in [0, 0.05) is 38.0 Å². The van der Waals surface area contributed by atoms with E-state index in [1.807, 2.05) is 39.5 Å². The first-order valence-electron chi connectivity index (χ1n) is 22.1. The minimum Gasteiger partial charge on any atom is -0.481 e. The molecule has 6 fully saturated rings. The Kier molecular flexibility index (Phi) is 11.2. The van der Waals surface area contributed by atoms with Crippen LogP contribution in [-0.4, -0.2) is 76.7 Å². The number of piperazine rings is 1. The van der Waals surface area contributed by atoms with Gasteiger partial charge in [0.15, 0.2) is 0 Å². The molecular weight excluding hydrogens is 705 g/mol. The maximum atomic E-state index is 14.3. The van der Waals surface area contributed by atoms with Crippen LogP contribution in [0.1, 0.15) is 160 Å². The van der Waals surface area contributed by atoms with E-state index in [0.29, 0.717) is 62.2 Å². The molecule has 0 aromatic heterocycles. The maximum absolute atomic E-state index is 14.3. The molecule has 0 aromatic carbocycles. The number of esters is 1. The minimum absolute atomic E-state index is 0.0135. The second-order valence-corrected chi connectivity index (χ2v) is 22.8. The highest BCUT2D eigenvalue weighted by atomic mass is 16.6. The first-order valence-corrected chi connectivity index (χ1v) is 22.1. The van der Waals surface area contributed by atoms with Crippen molar-refractivity contribution in [2.45, 2.75) is 171 Å². The van der Waals surface area contributed by atoms with Gasteiger partial charge in [0.25, 0.3) is 0 Å². The van der Waals surface area contributed by atoms with Crippen molar-refractivity contribution in [1.29, 1.82) is 0 Å². The number of carboxylic acid groups (broad SMARTS) is 1. The molecule has 2 amide bonds. The Morgan fingerprint density at radius 2 is 1.39 bits per heavy atom. The molecule has 0 aromatic rings. The monoisotopic (exact) mass is 781 g/mol. The Hall–Kier alpha value is -2.58. The number of aliphatic carboxylic acids is 1. The van der Waals surface area contributed by atoms with Gasteiger partial charge in [-0.3, -0.25) is 14.4 Å². The summed E-state index contributed by atoms with van der Waals surface area (Å²) in [4.78, 5) is 55.5. The summed E-state index contributed by atoms with van der Waals surface area (Å²) in [5, 5.41) is 9.37. The fourth-order valence-corrected chi connectivity index (χ4v) is 14.7. The lowest BCUT2D eigenvalue weighted by Crippen LogP contribution is -2.67. The SMILES string of the molecule is C=C(C)[C@@H]1CC[C@]2(CC(=O)N3CCN(C(=O)OC(C)(C)C)CC3)CC[C@]3(C)[C@H](CC[C@@H]4[C@@]5(C)CC[C@H](OC(=O)CC(C)(C)CC(=O)O)C(C)(C)[C@@H]5CC[C@]43C)[C@@H]12. The lowest BCUT2D eigenvalue weighted by molar-refractivity contribution is -0.250. The highest BCUT2D eigenvalue weighted by Crippen LogP contribution is 2.78. The van der Waals surface area contributed by atoms with Crippen LogP contribution in [0.15, 0.2) is 12.2 Å². The Morgan fingerprint density at radius 3 is 2.00 bits per heavy atom. The predicted molar refractivity (Wildman–Crippen MR) is 219 cm³/mol. The quantitative estimate of drug-likeness (QED) is 0.193. The number of hydrogen-bond acceptors (Lipinski definition) is 6. The van der Waals surface area contributed by atoms with Crippen LogP contribution in [0.5, 0.6) is 0 Å². The zero-order chi connectivity index (χ0) is 41.4. The average molecular weight is 781 g/mol. The third-order valence-corrected chi connectivity index (χ3v) is 17.5. The molecule has 9 nitrogen and oxygen atoms in total. The number of carbonyl (C=O) groups excluding carboxylic acids is 3. The first-order chi connectivity index (χ1) is 25.8. The summed E-state index contributed by atoms with van der Waals surface area (Å²) < 4.78 is 11.9. The third kappa shape index (κ3) is 7.45. The number of carboxylic acids is 1. The van der Waals surface area contributed by atoms with Crippen molar-refractivity contribution in [3.8, 4) is 0 Å². The number of amides is 2. The highest BCUT2D eigenvalue weighted by Gasteiger charge is 2.71. The smallest absolute Gasteiger partial charge is 0.410 e. The van der Waals surface area contributed by atoms with Crippen molar-refractivity contribution in [2.24, 2.45) is 62.1 Å². The van der Waals surface area contributed by atoms with Crippen LogP contribution in [0.25, 0.3) is 0 Å². The van der Waals surface area contributed by atoms with Crippen LogP contribution < -0.4 is 0 Å². The highest BCUT2D eigenvalue weighted by molar-refractivity contribution is 5.78. The zero-order valence-electron chi connectivity index (χ0n) is 37.0. The van der Waals surface area contributed by atoms with E-state index in [2.05, 4.69) is 48.1 Å². The molecular formula is C47H76N2O7. The Labute approximate surface area is 338 Å². The number of ether oxygens (including phenoxy) is 2. The number of rotatable bonds is 8. The summed E-state index contributed by atoms with van der Waals surface area (Å²) in [7, 11) is 0. The minimum atomic E-state index is -0.891. The molecule has 0 unspecified atom stereocenters. The second kappa shape index (κ2) is 14.6. The van der Waals surface area contributed by atoms with Crippen LogP contribution >= 0.6 is 0 Å². The van der Waals surface area contributed by atoms with Gasteiger partial charge >= 0.3 is 18.0 Å². The van der Waals surface area contributed by atoms with Crippen molar-refractivity contribution >= 4 is 23.9 Å². The van der Waals surface area contributed by atoms with Gasteiger partial charge in [0.05, 0.1) is 12.8 Å². The summed E-state index contributed by atoms with van der Waals surface area (Å²) >= 11 is 0. The standard InChI is InChI=1S/C47H76N2O7/c1-30(2)31-15-20-47(27-36(50)48-23-25-49(26-24-48)40(54)56-41(3,4)5)22-21-45(11)32(39(31)47)13-14-34-44(10)18-17-35(43(8,9)33(44)16-19-46(34,45)12)55-38(53)29-42(6,7)28-37(51)52/h31-35,39H,1,13-29H2,2-12H3,(H,51,52)/t31-,32+,33-,34+,35-,39+,44-,45+,46+,47+/m0/s1. The van der Waals surface area contributed by atoms with Crippen LogP contribution in [0.3, 0.4) is 0 Å². The summed E-state index contributed by atoms with van der Waals surface area (Å²) in [6, 6.07) is 0. The Morgan fingerprint density at radius 1 is 0.750 bits per heavy atom. The van der Waals surface area contributed by atoms with E-state index in [1.54, 1.807) is 4.90 Å². The molecule has 9 heteroatoms. The van der Waals surface area contributed by atoms with Gasteiger partial charge in [-0.05, 0) is 149 Å². The van der Waals surface area contributed by atoms with E-state index in [9.17, 15) is 24.3 Å². The van der Waals surface area contributed by atoms with Gasteiger partial charge in [0.1, 0.15) is 11.7 Å². The summed E-state index contributed by atoms with van der Waals surface area (Å²) in [6.45, 7) is 30.8. The summed E-state index contributed by atoms with van der Waals surface area (Å²) in [5.74, 6) is 1.51. The third-order valence-electron chi connectivity index (χ3n) is 17.5. The molecule has 316 valence electrons. The first kappa shape index (κ1) is 43.0. The lowest BCUT2D eigenvalue weighted by Gasteiger charge is -2.73. The van der Waals surface area contributed by atoms with E-state index in [-0.39, 0.29) is 64.0 Å². The predicted octanol–water partition coefficient (Wildman–Crippen LogP) is 9.92. The van der Waals surface area contributed by atoms with Crippen LogP contribution in [0, 0.1) is 62.1 Å². The van der Waals surface area contributed by atoms with Gasteiger partial charge in [-0.1, -0.05) is 60.6 Å². The van der Waals surface area contributed by atoms with E-state index >= 15 is 0 Å². The molecule has 1 N–H and O–H groups in total. The van der Waals surface area contributed by atoms with Crippen molar-refractivity contribution in [2.75, 3.05) is 26.2 Å². The lowest BCUT2D eigenvalue weighted by atomic mass is 9.32. The van der Waals surface area contributed by atoms with Crippen molar-refractivity contribution < 1.29 is 33.8 Å². The largest absolute Gasteiger partial charge is 0.481 e. The molecule has 1 saturated heterocycles. The number of fused-ring (bicyclic) bond motifs is 7. The van der Waals surface area contributed by atoms with Crippen molar-refractivity contribution in [1.82, 2.24) is 9.80 Å². The Bertz CT molecular complexity index is 1570. The molecule has 6 rings (SSSR count). The topological polar surface area (TPSA) is 113 Å². The van der Waals surface area contributed by atoms with Crippen LogP contribution in [0.2, 0.25) is 0 Å². The maximum Gasteiger partial charge on any atom is 0.410 e. The number of carbonyl (C=O) groups is 4. The number of allylic oxidation sites excluding steroid dienone is 1. The fourth-order valence-electron chi connectivity index (χ4n) is 14.7. The van der Waals surface area contributed by atoms with E-state index in [0.717, 1.165) is 44.9 Å². The number of hydrogen-bond donors (Lipinski definition) is 1. The van der Waals surface area contributed by atoms with E-state index in [1.165, 1.54) is 24.8 Å². The molecule has 1 heterocycles. The molecule has 0 spiro atoms. The molecule has 0 bridgehead atoms. The van der Waals surface area contributed by atoms with Gasteiger partial charge in [0.2, 0.25) is 5.91 Å². The van der Waals surface area contributed by atoms with Gasteiger partial charge in [-0.2, -0.15) is 0 Å². The molecule has 1 aliphatic heterocycles. The fraction of sp³-hybridized carbons (Fsp3) is 0.872. The van der Waals surface area contributed by atoms with E-state index < -0.39 is 17.0 Å². The van der Waals surface area contributed by atoms with Crippen molar-refractivity contribution in [3.63, 3.8) is 0 Å². The van der Waals surface area contributed by atoms with Gasteiger partial charge in [-0.25, -0.2) is 4.79 Å². The van der Waals surface area contributed by atoms with E-state index in [4.69, 9.17) is 9.47 Å². The molecule has 0 radical (unpaired) electrons. The second-order valence-electron chi connectivity index (χ2n) is 22.8. The Balaban J connectivity index is 1.18. The molecule has 6 aliphatic rings. The molecule has 5 saturated carbocycles. The zero-order valence-corrected chi connectivity index (χ0v) is 37.0. The van der Waals surface area contributed by atoms with Crippen molar-refractivity contribution in [3.05, 3.63) is 12.2 Å². The average Bonchev–Trinajstić information content (AvgIpc) is 3.44.